The summed E-state index contributed by atoms with van der Waals surface area (Å²) in [6.07, 6.45) is 1.44. The molecule has 0 radical (unpaired) electrons. The number of rotatable bonds is 5. The topological polar surface area (TPSA) is 61.8 Å². The molecular weight excluding hydrogens is 248 g/mol. The molecule has 5 nitrogen and oxygen atoms in total. The van der Waals surface area contributed by atoms with Gasteiger partial charge in [0.05, 0.1) is 27.8 Å². The van der Waals surface area contributed by atoms with E-state index in [2.05, 4.69) is 9.47 Å². The van der Waals surface area contributed by atoms with Crippen LogP contribution in [0.1, 0.15) is 12.0 Å². The van der Waals surface area contributed by atoms with E-state index in [1.54, 1.807) is 37.5 Å². The fourth-order valence-corrected chi connectivity index (χ4v) is 1.47. The molecule has 0 unspecified atom stereocenters. The van der Waals surface area contributed by atoms with Gasteiger partial charge in [0, 0.05) is 5.57 Å². The summed E-state index contributed by atoms with van der Waals surface area (Å²) in [6, 6.07) is 7.12. The molecule has 0 spiro atoms. The molecule has 1 rings (SSSR count). The maximum absolute atomic E-state index is 11.6. The minimum Gasteiger partial charge on any atom is -0.497 e. The Morgan fingerprint density at radius 3 is 2.47 bits per heavy atom. The van der Waals surface area contributed by atoms with Crippen molar-refractivity contribution >= 4 is 18.0 Å². The Bertz CT molecular complexity index is 490. The van der Waals surface area contributed by atoms with Crippen LogP contribution in [0, 0.1) is 0 Å². The Morgan fingerprint density at radius 1 is 1.16 bits per heavy atom. The molecule has 0 heterocycles. The van der Waals surface area contributed by atoms with Crippen LogP contribution < -0.4 is 4.74 Å². The quantitative estimate of drug-likeness (QED) is 0.599. The Balaban J connectivity index is 3.04. The van der Waals surface area contributed by atoms with Gasteiger partial charge in [-0.3, -0.25) is 4.79 Å². The van der Waals surface area contributed by atoms with Crippen LogP contribution in [0.25, 0.3) is 6.08 Å². The van der Waals surface area contributed by atoms with Gasteiger partial charge in [0.2, 0.25) is 0 Å². The highest BCUT2D eigenvalue weighted by Gasteiger charge is 2.14. The predicted octanol–water partition coefficient (Wildman–Crippen LogP) is 1.81. The molecule has 0 fully saturated rings. The maximum Gasteiger partial charge on any atom is 0.334 e. The summed E-state index contributed by atoms with van der Waals surface area (Å²) in [5.41, 5.74) is 0.964. The van der Waals surface area contributed by atoms with Crippen LogP contribution in [0.4, 0.5) is 0 Å². The lowest BCUT2D eigenvalue weighted by Crippen LogP contribution is -2.10. The molecule has 5 heteroatoms. The van der Waals surface area contributed by atoms with Gasteiger partial charge in [0.1, 0.15) is 5.75 Å². The van der Waals surface area contributed by atoms with E-state index in [0.717, 1.165) is 5.56 Å². The lowest BCUT2D eigenvalue weighted by molar-refractivity contribution is -0.143. The highest BCUT2D eigenvalue weighted by molar-refractivity contribution is 5.98. The first-order valence-corrected chi connectivity index (χ1v) is 5.60. The molecule has 0 aliphatic carbocycles. The molecule has 0 saturated carbocycles. The van der Waals surface area contributed by atoms with Crippen LogP contribution in [0.5, 0.6) is 5.75 Å². The van der Waals surface area contributed by atoms with E-state index in [1.807, 2.05) is 0 Å². The molecule has 1 aromatic carbocycles. The number of esters is 2. The number of carbonyl (C=O) groups is 2. The SMILES string of the molecule is COC(=O)C/C(=C/c1cccc(OC)c1)C(=O)OC. The van der Waals surface area contributed by atoms with Crippen molar-refractivity contribution in [3.05, 3.63) is 35.4 Å². The highest BCUT2D eigenvalue weighted by Crippen LogP contribution is 2.17. The van der Waals surface area contributed by atoms with Gasteiger partial charge in [-0.05, 0) is 23.8 Å². The van der Waals surface area contributed by atoms with Crippen LogP contribution in [-0.4, -0.2) is 33.3 Å². The van der Waals surface area contributed by atoms with E-state index in [0.29, 0.717) is 5.75 Å². The number of hydrogen-bond donors (Lipinski definition) is 0. The monoisotopic (exact) mass is 264 g/mol. The minimum absolute atomic E-state index is 0.139. The molecule has 0 aliphatic rings. The molecule has 0 bridgehead atoms. The van der Waals surface area contributed by atoms with E-state index >= 15 is 0 Å². The molecule has 0 saturated heterocycles. The molecule has 19 heavy (non-hydrogen) atoms. The fourth-order valence-electron chi connectivity index (χ4n) is 1.47. The highest BCUT2D eigenvalue weighted by atomic mass is 16.5. The summed E-state index contributed by atoms with van der Waals surface area (Å²) in [4.78, 5) is 22.9. The van der Waals surface area contributed by atoms with Gasteiger partial charge in [-0.2, -0.15) is 0 Å². The first kappa shape index (κ1) is 14.8. The third-order valence-electron chi connectivity index (χ3n) is 2.44. The van der Waals surface area contributed by atoms with E-state index in [-0.39, 0.29) is 12.0 Å². The maximum atomic E-state index is 11.6. The van der Waals surface area contributed by atoms with E-state index in [4.69, 9.17) is 4.74 Å². The summed E-state index contributed by atoms with van der Waals surface area (Å²) in [6.45, 7) is 0. The molecule has 102 valence electrons. The average molecular weight is 264 g/mol. The van der Waals surface area contributed by atoms with Crippen molar-refractivity contribution in [2.75, 3.05) is 21.3 Å². The molecular formula is C14H16O5. The molecule has 1 aromatic rings. The number of methoxy groups -OCH3 is 3. The Labute approximate surface area is 111 Å². The number of ether oxygens (including phenoxy) is 3. The summed E-state index contributed by atoms with van der Waals surface area (Å²) < 4.78 is 14.3. The number of benzene rings is 1. The number of carbonyl (C=O) groups excluding carboxylic acids is 2. The summed E-state index contributed by atoms with van der Waals surface area (Å²) in [7, 11) is 4.08. The van der Waals surface area contributed by atoms with Crippen LogP contribution in [0.3, 0.4) is 0 Å². The smallest absolute Gasteiger partial charge is 0.334 e. The molecule has 0 amide bonds. The standard InChI is InChI=1S/C14H16O5/c1-17-12-6-4-5-10(8-12)7-11(14(16)19-3)9-13(15)18-2/h4-8H,9H2,1-3H3/b11-7-. The van der Waals surface area contributed by atoms with Crippen molar-refractivity contribution in [1.29, 1.82) is 0 Å². The zero-order chi connectivity index (χ0) is 14.3. The minimum atomic E-state index is -0.562. The number of hydrogen-bond acceptors (Lipinski definition) is 5. The van der Waals surface area contributed by atoms with Crippen molar-refractivity contribution in [3.8, 4) is 5.75 Å². The van der Waals surface area contributed by atoms with Crippen molar-refractivity contribution in [3.63, 3.8) is 0 Å². The summed E-state index contributed by atoms with van der Waals surface area (Å²) in [5.74, 6) is -0.399. The van der Waals surface area contributed by atoms with Crippen molar-refractivity contribution in [2.24, 2.45) is 0 Å². The average Bonchev–Trinajstić information content (AvgIpc) is 2.45. The lowest BCUT2D eigenvalue weighted by atomic mass is 10.1. The van der Waals surface area contributed by atoms with Gasteiger partial charge in [-0.1, -0.05) is 12.1 Å². The first-order chi connectivity index (χ1) is 9.10. The van der Waals surface area contributed by atoms with E-state index < -0.39 is 11.9 Å². The lowest BCUT2D eigenvalue weighted by Gasteiger charge is -2.05. The predicted molar refractivity (Wildman–Crippen MR) is 69.6 cm³/mol. The zero-order valence-corrected chi connectivity index (χ0v) is 11.1. The van der Waals surface area contributed by atoms with Crippen molar-refractivity contribution < 1.29 is 23.8 Å². The van der Waals surface area contributed by atoms with E-state index in [1.165, 1.54) is 14.2 Å². The van der Waals surface area contributed by atoms with Crippen molar-refractivity contribution in [2.45, 2.75) is 6.42 Å². The van der Waals surface area contributed by atoms with Crippen LogP contribution in [-0.2, 0) is 19.1 Å². The van der Waals surface area contributed by atoms with Gasteiger partial charge < -0.3 is 14.2 Å². The second-order valence-corrected chi connectivity index (χ2v) is 3.69. The van der Waals surface area contributed by atoms with Crippen LogP contribution in [0.15, 0.2) is 29.8 Å². The van der Waals surface area contributed by atoms with Gasteiger partial charge in [-0.25, -0.2) is 4.79 Å². The van der Waals surface area contributed by atoms with Crippen molar-refractivity contribution in [1.82, 2.24) is 0 Å². The Morgan fingerprint density at radius 2 is 1.89 bits per heavy atom. The zero-order valence-electron chi connectivity index (χ0n) is 11.1. The van der Waals surface area contributed by atoms with Gasteiger partial charge in [0.25, 0.3) is 0 Å². The van der Waals surface area contributed by atoms with Gasteiger partial charge in [-0.15, -0.1) is 0 Å². The summed E-state index contributed by atoms with van der Waals surface area (Å²) in [5, 5.41) is 0. The third-order valence-corrected chi connectivity index (χ3v) is 2.44. The Hall–Kier alpha value is -2.30. The molecule has 0 aliphatic heterocycles. The van der Waals surface area contributed by atoms with Crippen LogP contribution in [0.2, 0.25) is 0 Å². The molecule has 0 N–H and O–H groups in total. The second-order valence-electron chi connectivity index (χ2n) is 3.69. The van der Waals surface area contributed by atoms with E-state index in [9.17, 15) is 9.59 Å². The normalized spacial score (nSPS) is 10.8. The second kappa shape index (κ2) is 7.20. The Kier molecular flexibility index (Phi) is 5.60. The summed E-state index contributed by atoms with van der Waals surface area (Å²) >= 11 is 0. The first-order valence-electron chi connectivity index (χ1n) is 5.60. The third kappa shape index (κ3) is 4.46. The molecule has 0 atom stereocenters. The van der Waals surface area contributed by atoms with Gasteiger partial charge >= 0.3 is 11.9 Å². The molecule has 0 aromatic heterocycles. The fraction of sp³-hybridized carbons (Fsp3) is 0.286. The largest absolute Gasteiger partial charge is 0.497 e. The van der Waals surface area contributed by atoms with Crippen LogP contribution >= 0.6 is 0 Å². The van der Waals surface area contributed by atoms with Gasteiger partial charge in [0.15, 0.2) is 0 Å².